The molecule has 9 heteroatoms. The molecule has 0 aliphatic heterocycles. The molecular formula is C24H24N6O3. The molecule has 9 nitrogen and oxygen atoms in total. The minimum atomic E-state index is -0.408. The Morgan fingerprint density at radius 1 is 1.03 bits per heavy atom. The Morgan fingerprint density at radius 2 is 1.76 bits per heavy atom. The van der Waals surface area contributed by atoms with Crippen molar-refractivity contribution in [2.75, 3.05) is 0 Å². The first-order valence-electron chi connectivity index (χ1n) is 10.5. The van der Waals surface area contributed by atoms with Gasteiger partial charge in [0.15, 0.2) is 0 Å². The first kappa shape index (κ1) is 21.9. The van der Waals surface area contributed by atoms with Gasteiger partial charge >= 0.3 is 5.69 Å². The second kappa shape index (κ2) is 9.47. The van der Waals surface area contributed by atoms with Crippen molar-refractivity contribution >= 4 is 11.6 Å². The van der Waals surface area contributed by atoms with E-state index in [9.17, 15) is 14.9 Å². The lowest BCUT2D eigenvalue weighted by atomic mass is 10.1. The zero-order valence-corrected chi connectivity index (χ0v) is 18.4. The van der Waals surface area contributed by atoms with Gasteiger partial charge in [-0.2, -0.15) is 10.2 Å². The van der Waals surface area contributed by atoms with E-state index in [1.807, 2.05) is 53.3 Å². The Bertz CT molecular complexity index is 1280. The number of hydrogen-bond acceptors (Lipinski definition) is 5. The van der Waals surface area contributed by atoms with Gasteiger partial charge in [-0.25, -0.2) is 0 Å². The normalized spacial score (nSPS) is 10.8. The lowest BCUT2D eigenvalue weighted by molar-refractivity contribution is -0.386. The van der Waals surface area contributed by atoms with Gasteiger partial charge in [0.25, 0.3) is 5.91 Å². The second-order valence-electron chi connectivity index (χ2n) is 7.79. The minimum absolute atomic E-state index is 0.0406. The third-order valence-corrected chi connectivity index (χ3v) is 5.52. The molecule has 4 aromatic rings. The average molecular weight is 444 g/mol. The number of nitrogens with zero attached hydrogens (tertiary/aromatic N) is 5. The lowest BCUT2D eigenvalue weighted by Crippen LogP contribution is -2.23. The molecule has 0 aliphatic rings. The largest absolute Gasteiger partial charge is 0.348 e. The summed E-state index contributed by atoms with van der Waals surface area (Å²) in [5, 5.41) is 22.7. The van der Waals surface area contributed by atoms with Crippen molar-refractivity contribution in [2.45, 2.75) is 33.5 Å². The Balaban J connectivity index is 1.40. The van der Waals surface area contributed by atoms with E-state index in [-0.39, 0.29) is 11.6 Å². The molecule has 1 amide bonds. The van der Waals surface area contributed by atoms with Crippen molar-refractivity contribution < 1.29 is 9.72 Å². The summed E-state index contributed by atoms with van der Waals surface area (Å²) in [5.41, 5.74) is 4.51. The monoisotopic (exact) mass is 444 g/mol. The second-order valence-corrected chi connectivity index (χ2v) is 7.79. The Morgan fingerprint density at radius 3 is 2.39 bits per heavy atom. The molecule has 1 N–H and O–H groups in total. The van der Waals surface area contributed by atoms with E-state index in [4.69, 9.17) is 0 Å². The highest BCUT2D eigenvalue weighted by molar-refractivity contribution is 5.94. The van der Waals surface area contributed by atoms with E-state index in [2.05, 4.69) is 15.5 Å². The summed E-state index contributed by atoms with van der Waals surface area (Å²) in [7, 11) is 0. The smallest absolute Gasteiger partial charge is 0.312 e. The number of hydrogen-bond donors (Lipinski definition) is 1. The van der Waals surface area contributed by atoms with Gasteiger partial charge in [0.1, 0.15) is 11.4 Å². The Hall–Kier alpha value is -4.27. The molecule has 168 valence electrons. The van der Waals surface area contributed by atoms with Crippen LogP contribution in [0.2, 0.25) is 0 Å². The van der Waals surface area contributed by atoms with Crippen molar-refractivity contribution in [2.24, 2.45) is 0 Å². The number of aryl methyl sites for hydroxylation is 1. The molecule has 0 unspecified atom stereocenters. The van der Waals surface area contributed by atoms with E-state index >= 15 is 0 Å². The molecule has 0 aliphatic carbocycles. The number of amides is 1. The highest BCUT2D eigenvalue weighted by Crippen LogP contribution is 2.22. The average Bonchev–Trinajstić information content (AvgIpc) is 3.40. The molecule has 4 rings (SSSR count). The summed E-state index contributed by atoms with van der Waals surface area (Å²) in [6.07, 6.45) is 3.64. The molecular weight excluding hydrogens is 420 g/mol. The summed E-state index contributed by atoms with van der Waals surface area (Å²) in [4.78, 5) is 23.5. The predicted octanol–water partition coefficient (Wildman–Crippen LogP) is 3.63. The number of rotatable bonds is 8. The van der Waals surface area contributed by atoms with Gasteiger partial charge in [0.2, 0.25) is 0 Å². The van der Waals surface area contributed by atoms with Gasteiger partial charge in [0, 0.05) is 24.5 Å². The first-order valence-corrected chi connectivity index (χ1v) is 10.5. The Kier molecular flexibility index (Phi) is 6.30. The standard InChI is InChI=1S/C24H24N6O3/c1-17-23(30(32)33)18(2)29(27-17)15-19-8-10-20(11-9-19)24(31)25-14-21-6-3-4-7-22(21)16-28-13-5-12-26-28/h3-13H,14-16H2,1-2H3,(H,25,31). The van der Waals surface area contributed by atoms with Gasteiger partial charge in [-0.05, 0) is 48.7 Å². The third-order valence-electron chi connectivity index (χ3n) is 5.52. The Labute approximate surface area is 190 Å². The number of carbonyl (C=O) groups excluding carboxylic acids is 1. The number of benzene rings is 2. The fourth-order valence-electron chi connectivity index (χ4n) is 3.77. The maximum atomic E-state index is 12.7. The van der Waals surface area contributed by atoms with E-state index in [0.717, 1.165) is 16.7 Å². The van der Waals surface area contributed by atoms with Crippen LogP contribution < -0.4 is 5.32 Å². The summed E-state index contributed by atoms with van der Waals surface area (Å²) < 4.78 is 3.45. The fraction of sp³-hybridized carbons (Fsp3) is 0.208. The van der Waals surface area contributed by atoms with Gasteiger partial charge in [-0.1, -0.05) is 36.4 Å². The molecule has 0 saturated heterocycles. The molecule has 0 radical (unpaired) electrons. The molecule has 2 aromatic heterocycles. The molecule has 0 saturated carbocycles. The highest BCUT2D eigenvalue weighted by atomic mass is 16.6. The zero-order valence-electron chi connectivity index (χ0n) is 18.4. The molecule has 2 aromatic carbocycles. The highest BCUT2D eigenvalue weighted by Gasteiger charge is 2.21. The zero-order chi connectivity index (χ0) is 23.4. The van der Waals surface area contributed by atoms with Crippen LogP contribution in [0.5, 0.6) is 0 Å². The number of aromatic nitrogens is 4. The van der Waals surface area contributed by atoms with Crippen molar-refractivity contribution in [1.82, 2.24) is 24.9 Å². The van der Waals surface area contributed by atoms with Gasteiger partial charge in [0.05, 0.1) is 18.0 Å². The summed E-state index contributed by atoms with van der Waals surface area (Å²) in [6.45, 7) is 4.75. The molecule has 0 bridgehead atoms. The van der Waals surface area contributed by atoms with Crippen LogP contribution in [-0.2, 0) is 19.6 Å². The van der Waals surface area contributed by atoms with Crippen LogP contribution in [0.1, 0.15) is 38.4 Å². The van der Waals surface area contributed by atoms with Crippen molar-refractivity contribution in [1.29, 1.82) is 0 Å². The SMILES string of the molecule is Cc1nn(Cc2ccc(C(=O)NCc3ccccc3Cn3cccn3)cc2)c(C)c1[N+](=O)[O-]. The van der Waals surface area contributed by atoms with Gasteiger partial charge < -0.3 is 5.32 Å². The number of nitro groups is 1. The van der Waals surface area contributed by atoms with Crippen molar-refractivity contribution in [3.05, 3.63) is 111 Å². The summed E-state index contributed by atoms with van der Waals surface area (Å²) in [6, 6.07) is 17.0. The van der Waals surface area contributed by atoms with Crippen LogP contribution in [0.15, 0.2) is 67.0 Å². The van der Waals surface area contributed by atoms with Crippen LogP contribution in [-0.4, -0.2) is 30.4 Å². The van der Waals surface area contributed by atoms with Crippen LogP contribution in [0, 0.1) is 24.0 Å². The molecule has 0 atom stereocenters. The van der Waals surface area contributed by atoms with Gasteiger partial charge in [-0.15, -0.1) is 0 Å². The molecule has 33 heavy (non-hydrogen) atoms. The lowest BCUT2D eigenvalue weighted by Gasteiger charge is -2.11. The quantitative estimate of drug-likeness (QED) is 0.330. The molecule has 0 fully saturated rings. The summed E-state index contributed by atoms with van der Waals surface area (Å²) in [5.74, 6) is -0.169. The van der Waals surface area contributed by atoms with E-state index in [1.165, 1.54) is 0 Å². The molecule has 0 spiro atoms. The van der Waals surface area contributed by atoms with Crippen LogP contribution >= 0.6 is 0 Å². The minimum Gasteiger partial charge on any atom is -0.348 e. The van der Waals surface area contributed by atoms with Crippen LogP contribution in [0.25, 0.3) is 0 Å². The van der Waals surface area contributed by atoms with E-state index < -0.39 is 4.92 Å². The van der Waals surface area contributed by atoms with E-state index in [0.29, 0.717) is 36.6 Å². The molecule has 2 heterocycles. The van der Waals surface area contributed by atoms with Gasteiger partial charge in [-0.3, -0.25) is 24.3 Å². The summed E-state index contributed by atoms with van der Waals surface area (Å²) >= 11 is 0. The predicted molar refractivity (Wildman–Crippen MR) is 123 cm³/mol. The van der Waals surface area contributed by atoms with Crippen LogP contribution in [0.4, 0.5) is 5.69 Å². The van der Waals surface area contributed by atoms with Crippen LogP contribution in [0.3, 0.4) is 0 Å². The van der Waals surface area contributed by atoms with Crippen molar-refractivity contribution in [3.8, 4) is 0 Å². The number of carbonyl (C=O) groups is 1. The number of nitrogens with one attached hydrogen (secondary N) is 1. The topological polar surface area (TPSA) is 108 Å². The first-order chi connectivity index (χ1) is 15.9. The maximum Gasteiger partial charge on any atom is 0.312 e. The van der Waals surface area contributed by atoms with Crippen molar-refractivity contribution in [3.63, 3.8) is 0 Å². The van der Waals surface area contributed by atoms with E-state index in [1.54, 1.807) is 36.9 Å². The fourth-order valence-corrected chi connectivity index (χ4v) is 3.77. The maximum absolute atomic E-state index is 12.7. The third kappa shape index (κ3) is 4.98.